The van der Waals surface area contributed by atoms with Crippen molar-refractivity contribution in [2.24, 2.45) is 5.92 Å². The lowest BCUT2D eigenvalue weighted by Crippen LogP contribution is -2.40. The van der Waals surface area contributed by atoms with Gasteiger partial charge < -0.3 is 10.6 Å². The molecule has 15 heavy (non-hydrogen) atoms. The second-order valence-corrected chi connectivity index (χ2v) is 4.58. The van der Waals surface area contributed by atoms with Gasteiger partial charge in [-0.25, -0.2) is 0 Å². The fourth-order valence-electron chi connectivity index (χ4n) is 1.95. The quantitative estimate of drug-likeness (QED) is 0.767. The Labute approximate surface area is 92.8 Å². The van der Waals surface area contributed by atoms with Gasteiger partial charge in [-0.3, -0.25) is 4.79 Å². The van der Waals surface area contributed by atoms with Crippen molar-refractivity contribution in [3.8, 4) is 0 Å². The van der Waals surface area contributed by atoms with E-state index in [0.29, 0.717) is 10.9 Å². The molecular formula is C11H11ClN2O. The van der Waals surface area contributed by atoms with Crippen LogP contribution in [0.15, 0.2) is 18.2 Å². The van der Waals surface area contributed by atoms with Crippen LogP contribution in [0.3, 0.4) is 0 Å². The maximum Gasteiger partial charge on any atom is 0.247 e. The number of nitrogens with one attached hydrogen (secondary N) is 2. The molecule has 0 spiro atoms. The summed E-state index contributed by atoms with van der Waals surface area (Å²) in [6.07, 6.45) is 2.29. The molecule has 1 aromatic rings. The van der Waals surface area contributed by atoms with Crippen molar-refractivity contribution < 1.29 is 4.79 Å². The van der Waals surface area contributed by atoms with Crippen LogP contribution in [0.1, 0.15) is 12.8 Å². The van der Waals surface area contributed by atoms with Crippen molar-refractivity contribution in [3.63, 3.8) is 0 Å². The van der Waals surface area contributed by atoms with Gasteiger partial charge in [0.15, 0.2) is 0 Å². The van der Waals surface area contributed by atoms with Crippen molar-refractivity contribution >= 4 is 28.9 Å². The van der Waals surface area contributed by atoms with Gasteiger partial charge in [0.05, 0.1) is 11.4 Å². The highest BCUT2D eigenvalue weighted by Crippen LogP contribution is 2.39. The average Bonchev–Trinajstić information content (AvgIpc) is 3.00. The Bertz CT molecular complexity index is 429. The monoisotopic (exact) mass is 222 g/mol. The summed E-state index contributed by atoms with van der Waals surface area (Å²) in [6, 6.07) is 5.45. The molecule has 1 heterocycles. The van der Waals surface area contributed by atoms with Crippen LogP contribution in [0.25, 0.3) is 0 Å². The molecule has 78 valence electrons. The van der Waals surface area contributed by atoms with E-state index in [1.54, 1.807) is 6.07 Å². The fourth-order valence-corrected chi connectivity index (χ4v) is 2.12. The Morgan fingerprint density at radius 1 is 1.27 bits per heavy atom. The van der Waals surface area contributed by atoms with Crippen molar-refractivity contribution in [1.29, 1.82) is 0 Å². The maximum atomic E-state index is 11.7. The molecule has 1 saturated carbocycles. The summed E-state index contributed by atoms with van der Waals surface area (Å²) in [7, 11) is 0. The van der Waals surface area contributed by atoms with E-state index in [1.807, 2.05) is 12.1 Å². The van der Waals surface area contributed by atoms with Crippen molar-refractivity contribution in [3.05, 3.63) is 23.2 Å². The minimum absolute atomic E-state index is 0.0568. The summed E-state index contributed by atoms with van der Waals surface area (Å²) < 4.78 is 0. The molecule has 1 aliphatic carbocycles. The summed E-state index contributed by atoms with van der Waals surface area (Å²) in [6.45, 7) is 0. The Hall–Kier alpha value is -1.22. The van der Waals surface area contributed by atoms with Crippen LogP contribution >= 0.6 is 11.6 Å². The Morgan fingerprint density at radius 2 is 2.07 bits per heavy atom. The van der Waals surface area contributed by atoms with Crippen LogP contribution in [0.4, 0.5) is 11.4 Å². The van der Waals surface area contributed by atoms with E-state index >= 15 is 0 Å². The molecule has 3 rings (SSSR count). The number of amides is 1. The first-order valence-corrected chi connectivity index (χ1v) is 5.49. The Balaban J connectivity index is 1.94. The van der Waals surface area contributed by atoms with Gasteiger partial charge in [0.2, 0.25) is 5.91 Å². The predicted molar refractivity (Wildman–Crippen MR) is 60.2 cm³/mol. The molecule has 4 heteroatoms. The molecule has 0 saturated heterocycles. The molecule has 2 aliphatic rings. The molecule has 0 aromatic heterocycles. The summed E-state index contributed by atoms with van der Waals surface area (Å²) >= 11 is 5.86. The standard InChI is InChI=1S/C11H11ClN2O/c12-7-3-4-8-9(5-7)14-11(15)10(13-8)6-1-2-6/h3-6,10,13H,1-2H2,(H,14,15)/t10-/m0/s1. The SMILES string of the molecule is O=C1Nc2cc(Cl)ccc2N[C@H]1C1CC1. The molecule has 1 aromatic carbocycles. The van der Waals surface area contributed by atoms with E-state index in [2.05, 4.69) is 10.6 Å². The molecule has 1 amide bonds. The van der Waals surface area contributed by atoms with Gasteiger partial charge in [0.1, 0.15) is 6.04 Å². The van der Waals surface area contributed by atoms with E-state index in [-0.39, 0.29) is 11.9 Å². The Morgan fingerprint density at radius 3 is 2.80 bits per heavy atom. The number of rotatable bonds is 1. The molecule has 2 N–H and O–H groups in total. The van der Waals surface area contributed by atoms with E-state index < -0.39 is 0 Å². The molecule has 0 bridgehead atoms. The van der Waals surface area contributed by atoms with Crippen LogP contribution in [-0.2, 0) is 4.79 Å². The van der Waals surface area contributed by atoms with Gasteiger partial charge in [-0.1, -0.05) is 11.6 Å². The van der Waals surface area contributed by atoms with Crippen molar-refractivity contribution in [1.82, 2.24) is 0 Å². The largest absolute Gasteiger partial charge is 0.372 e. The topological polar surface area (TPSA) is 41.1 Å². The maximum absolute atomic E-state index is 11.7. The molecule has 1 aliphatic heterocycles. The minimum Gasteiger partial charge on any atom is -0.372 e. The van der Waals surface area contributed by atoms with Gasteiger partial charge in [-0.05, 0) is 37.0 Å². The summed E-state index contributed by atoms with van der Waals surface area (Å²) in [4.78, 5) is 11.7. The highest BCUT2D eigenvalue weighted by Gasteiger charge is 2.38. The number of carbonyl (C=O) groups excluding carboxylic acids is 1. The highest BCUT2D eigenvalue weighted by atomic mass is 35.5. The lowest BCUT2D eigenvalue weighted by molar-refractivity contribution is -0.117. The zero-order chi connectivity index (χ0) is 10.4. The fraction of sp³-hybridized carbons (Fsp3) is 0.364. The Kier molecular flexibility index (Phi) is 1.89. The second kappa shape index (κ2) is 3.14. The van der Waals surface area contributed by atoms with E-state index in [0.717, 1.165) is 24.2 Å². The summed E-state index contributed by atoms with van der Waals surface area (Å²) in [5.74, 6) is 0.570. The molecule has 1 fully saturated rings. The first-order chi connectivity index (χ1) is 7.24. The zero-order valence-corrected chi connectivity index (χ0v) is 8.84. The van der Waals surface area contributed by atoms with Crippen LogP contribution in [0.2, 0.25) is 5.02 Å². The smallest absolute Gasteiger partial charge is 0.247 e. The minimum atomic E-state index is -0.0568. The van der Waals surface area contributed by atoms with Gasteiger partial charge >= 0.3 is 0 Å². The number of hydrogen-bond donors (Lipinski definition) is 2. The third-order valence-corrected chi connectivity index (χ3v) is 3.16. The number of anilines is 2. The van der Waals surface area contributed by atoms with Crippen LogP contribution < -0.4 is 10.6 Å². The number of fused-ring (bicyclic) bond motifs is 1. The summed E-state index contributed by atoms with van der Waals surface area (Å²) in [5, 5.41) is 6.79. The number of carbonyl (C=O) groups is 1. The third-order valence-electron chi connectivity index (χ3n) is 2.93. The average molecular weight is 223 g/mol. The number of hydrogen-bond acceptors (Lipinski definition) is 2. The zero-order valence-electron chi connectivity index (χ0n) is 8.09. The third kappa shape index (κ3) is 1.57. The van der Waals surface area contributed by atoms with E-state index in [9.17, 15) is 4.79 Å². The summed E-state index contributed by atoms with van der Waals surface area (Å²) in [5.41, 5.74) is 1.75. The first kappa shape index (κ1) is 9.04. The van der Waals surface area contributed by atoms with Crippen LogP contribution in [0, 0.1) is 5.92 Å². The van der Waals surface area contributed by atoms with Gasteiger partial charge in [-0.15, -0.1) is 0 Å². The highest BCUT2D eigenvalue weighted by molar-refractivity contribution is 6.31. The van der Waals surface area contributed by atoms with E-state index in [4.69, 9.17) is 11.6 Å². The second-order valence-electron chi connectivity index (χ2n) is 4.14. The normalized spacial score (nSPS) is 24.1. The van der Waals surface area contributed by atoms with Gasteiger partial charge in [-0.2, -0.15) is 0 Å². The van der Waals surface area contributed by atoms with Crippen LogP contribution in [-0.4, -0.2) is 11.9 Å². The number of halogens is 1. The molecule has 0 unspecified atom stereocenters. The van der Waals surface area contributed by atoms with Crippen LogP contribution in [0.5, 0.6) is 0 Å². The lowest BCUT2D eigenvalue weighted by Gasteiger charge is -2.26. The van der Waals surface area contributed by atoms with Gasteiger partial charge in [0.25, 0.3) is 0 Å². The first-order valence-electron chi connectivity index (χ1n) is 5.11. The van der Waals surface area contributed by atoms with Crippen molar-refractivity contribution in [2.45, 2.75) is 18.9 Å². The molecule has 0 radical (unpaired) electrons. The molecule has 3 nitrogen and oxygen atoms in total. The van der Waals surface area contributed by atoms with Gasteiger partial charge in [0, 0.05) is 5.02 Å². The molecule has 1 atom stereocenters. The number of benzene rings is 1. The van der Waals surface area contributed by atoms with E-state index in [1.165, 1.54) is 0 Å². The molecular weight excluding hydrogens is 212 g/mol. The lowest BCUT2D eigenvalue weighted by atomic mass is 10.1. The predicted octanol–water partition coefficient (Wildman–Crippen LogP) is 2.48. The van der Waals surface area contributed by atoms with Crippen molar-refractivity contribution in [2.75, 3.05) is 10.6 Å².